The molecule has 7 rings (SSSR count). The van der Waals surface area contributed by atoms with Crippen LogP contribution >= 0.6 is 23.4 Å². The van der Waals surface area contributed by atoms with E-state index in [9.17, 15) is 23.3 Å². The molecular formula is C49H62ClN7O5S2. The Labute approximate surface area is 388 Å². The van der Waals surface area contributed by atoms with Crippen molar-refractivity contribution < 1.29 is 18.1 Å². The molecule has 1 aliphatic carbocycles. The van der Waals surface area contributed by atoms with Crippen LogP contribution in [0.1, 0.15) is 68.3 Å². The third-order valence-corrected chi connectivity index (χ3v) is 15.7. The van der Waals surface area contributed by atoms with E-state index in [2.05, 4.69) is 69.7 Å². The zero-order chi connectivity index (χ0) is 45.4. The maximum absolute atomic E-state index is 13.6. The molecule has 4 aromatic carbocycles. The predicted octanol–water partition coefficient (Wildman–Crippen LogP) is 9.14. The number of nitrogens with one attached hydrogen (secondary N) is 2. The number of piperazine rings is 1. The van der Waals surface area contributed by atoms with Crippen molar-refractivity contribution in [2.75, 3.05) is 82.4 Å². The normalized spacial score (nSPS) is 18.2. The molecule has 2 aliphatic heterocycles. The number of benzene rings is 4. The number of piperidine rings is 1. The first-order chi connectivity index (χ1) is 30.6. The van der Waals surface area contributed by atoms with Gasteiger partial charge < -0.3 is 20.0 Å². The molecule has 0 bridgehead atoms. The van der Waals surface area contributed by atoms with Crippen LogP contribution in [0.2, 0.25) is 5.02 Å². The first-order valence-corrected chi connectivity index (χ1v) is 25.2. The molecular weight excluding hydrogens is 866 g/mol. The van der Waals surface area contributed by atoms with Gasteiger partial charge in [0.1, 0.15) is 5.69 Å². The Morgan fingerprint density at radius 2 is 1.61 bits per heavy atom. The van der Waals surface area contributed by atoms with Crippen LogP contribution < -0.4 is 14.9 Å². The van der Waals surface area contributed by atoms with E-state index in [1.54, 1.807) is 23.9 Å². The lowest BCUT2D eigenvalue weighted by molar-refractivity contribution is -0.384. The van der Waals surface area contributed by atoms with Gasteiger partial charge in [-0.2, -0.15) is 0 Å². The molecule has 2 saturated heterocycles. The molecule has 342 valence electrons. The highest BCUT2D eigenvalue weighted by atomic mass is 35.5. The Bertz CT molecular complexity index is 2360. The minimum Gasteiger partial charge on any atom is -0.376 e. The Morgan fingerprint density at radius 1 is 0.922 bits per heavy atom. The van der Waals surface area contributed by atoms with Gasteiger partial charge in [0, 0.05) is 84.3 Å². The van der Waals surface area contributed by atoms with E-state index in [1.807, 2.05) is 54.6 Å². The zero-order valence-electron chi connectivity index (χ0n) is 37.5. The van der Waals surface area contributed by atoms with Crippen LogP contribution in [0, 0.1) is 15.5 Å². The summed E-state index contributed by atoms with van der Waals surface area (Å²) < 4.78 is 29.2. The summed E-state index contributed by atoms with van der Waals surface area (Å²) in [7, 11) is -0.202. The number of carbonyl (C=O) groups excluding carboxylic acids is 1. The minimum atomic E-state index is -4.44. The van der Waals surface area contributed by atoms with E-state index < -0.39 is 20.9 Å². The number of nitro groups is 1. The average molecular weight is 929 g/mol. The number of thioether (sulfide) groups is 1. The van der Waals surface area contributed by atoms with E-state index in [1.165, 1.54) is 28.8 Å². The predicted molar refractivity (Wildman–Crippen MR) is 261 cm³/mol. The molecule has 2 fully saturated rings. The fraction of sp³-hybridized carbons (Fsp3) is 0.449. The molecule has 2 N–H and O–H groups in total. The number of nitro benzene ring substituents is 1. The number of nitrogens with zero attached hydrogens (tertiary/aromatic N) is 5. The maximum Gasteiger partial charge on any atom is 0.293 e. The molecule has 4 aromatic rings. The van der Waals surface area contributed by atoms with Crippen molar-refractivity contribution in [3.05, 3.63) is 129 Å². The smallest absolute Gasteiger partial charge is 0.293 e. The largest absolute Gasteiger partial charge is 0.376 e. The number of carbonyl (C=O) groups is 1. The van der Waals surface area contributed by atoms with Gasteiger partial charge in [0.25, 0.3) is 21.6 Å². The standard InChI is InChI=1S/C49H62ClN7O5S2/c1-49(2)24-20-45(36-10-14-39(50)15-11-36)38(33-49)34-55-28-30-56(31-29-55)42-16-12-37(13-17-42)48(58)52-64(61,62)44-18-19-46(47(32-44)57(59)60)51-40(35-63-43-8-6-5-7-9-43)21-25-54-26-22-41(23-27-54)53(3)4/h5-19,32,40-41,51H,20-31,33-35H2,1-4H3,(H,52,58)/t40-/m1/s1. The molecule has 12 nitrogen and oxygen atoms in total. The van der Waals surface area contributed by atoms with Crippen LogP contribution in [0.3, 0.4) is 0 Å². The van der Waals surface area contributed by atoms with Crippen molar-refractivity contribution in [2.45, 2.75) is 74.2 Å². The molecule has 0 radical (unpaired) electrons. The van der Waals surface area contributed by atoms with Crippen LogP contribution in [0.5, 0.6) is 0 Å². The molecule has 0 unspecified atom stereocenters. The highest BCUT2D eigenvalue weighted by Gasteiger charge is 2.30. The summed E-state index contributed by atoms with van der Waals surface area (Å²) in [5.74, 6) is -0.154. The highest BCUT2D eigenvalue weighted by molar-refractivity contribution is 7.99. The minimum absolute atomic E-state index is 0.134. The summed E-state index contributed by atoms with van der Waals surface area (Å²) in [4.78, 5) is 35.4. The second kappa shape index (κ2) is 21.2. The Hall–Kier alpha value is -4.44. The quantitative estimate of drug-likeness (QED) is 0.0598. The van der Waals surface area contributed by atoms with Gasteiger partial charge in [-0.05, 0) is 143 Å². The number of amides is 1. The van der Waals surface area contributed by atoms with Crippen molar-refractivity contribution in [1.82, 2.24) is 19.4 Å². The summed E-state index contributed by atoms with van der Waals surface area (Å²) in [5.41, 5.74) is 5.44. The third-order valence-electron chi connectivity index (χ3n) is 13.0. The first kappa shape index (κ1) is 47.5. The van der Waals surface area contributed by atoms with E-state index in [0.29, 0.717) is 11.8 Å². The Morgan fingerprint density at radius 3 is 2.27 bits per heavy atom. The van der Waals surface area contributed by atoms with Gasteiger partial charge in [-0.25, -0.2) is 13.1 Å². The third kappa shape index (κ3) is 12.7. The van der Waals surface area contributed by atoms with Crippen molar-refractivity contribution >= 4 is 61.9 Å². The number of sulfonamides is 1. The van der Waals surface area contributed by atoms with Crippen molar-refractivity contribution in [1.29, 1.82) is 0 Å². The number of halogens is 1. The summed E-state index contributed by atoms with van der Waals surface area (Å²) in [6, 6.07) is 29.3. The summed E-state index contributed by atoms with van der Waals surface area (Å²) >= 11 is 7.88. The van der Waals surface area contributed by atoms with Crippen LogP contribution in [-0.4, -0.2) is 118 Å². The second-order valence-electron chi connectivity index (χ2n) is 18.4. The number of anilines is 2. The van der Waals surface area contributed by atoms with E-state index in [0.717, 1.165) is 113 Å². The average Bonchev–Trinajstić information content (AvgIpc) is 3.28. The fourth-order valence-corrected chi connectivity index (χ4v) is 11.3. The second-order valence-corrected chi connectivity index (χ2v) is 21.6. The SMILES string of the molecule is CN(C)C1CCN(CC[C@H](CSc2ccccc2)Nc2ccc(S(=O)(=O)NC(=O)c3ccc(N4CCN(CC5=C(c6ccc(Cl)cc6)CCC(C)(C)C5)CC4)cc3)cc2[N+](=O)[O-])CC1. The molecule has 1 atom stereocenters. The number of hydrogen-bond donors (Lipinski definition) is 2. The van der Waals surface area contributed by atoms with Gasteiger partial charge in [0.15, 0.2) is 0 Å². The molecule has 3 aliphatic rings. The molecule has 64 heavy (non-hydrogen) atoms. The Balaban J connectivity index is 0.960. The molecule has 0 aromatic heterocycles. The van der Waals surface area contributed by atoms with Crippen molar-refractivity contribution in [3.8, 4) is 0 Å². The van der Waals surface area contributed by atoms with Gasteiger partial charge in [-0.3, -0.25) is 19.8 Å². The molecule has 0 spiro atoms. The molecule has 0 saturated carbocycles. The van der Waals surface area contributed by atoms with Gasteiger partial charge >= 0.3 is 0 Å². The van der Waals surface area contributed by atoms with Crippen molar-refractivity contribution in [3.63, 3.8) is 0 Å². The van der Waals surface area contributed by atoms with Crippen molar-refractivity contribution in [2.24, 2.45) is 5.41 Å². The lowest BCUT2D eigenvalue weighted by Crippen LogP contribution is -2.47. The van der Waals surface area contributed by atoms with Crippen LogP contribution in [-0.2, 0) is 10.0 Å². The van der Waals surface area contributed by atoms with E-state index in [-0.39, 0.29) is 33.3 Å². The summed E-state index contributed by atoms with van der Waals surface area (Å²) in [5, 5.41) is 16.5. The Kier molecular flexibility index (Phi) is 15.8. The number of hydrogen-bond acceptors (Lipinski definition) is 11. The van der Waals surface area contributed by atoms with Gasteiger partial charge in [-0.15, -0.1) is 11.8 Å². The monoisotopic (exact) mass is 927 g/mol. The van der Waals surface area contributed by atoms with Gasteiger partial charge in [0.2, 0.25) is 0 Å². The summed E-state index contributed by atoms with van der Waals surface area (Å²) in [6.45, 7) is 11.9. The first-order valence-electron chi connectivity index (χ1n) is 22.4. The van der Waals surface area contributed by atoms with E-state index >= 15 is 0 Å². The molecule has 15 heteroatoms. The van der Waals surface area contributed by atoms with Gasteiger partial charge in [0.05, 0.1) is 9.82 Å². The summed E-state index contributed by atoms with van der Waals surface area (Å²) in [6.07, 6.45) is 6.22. The van der Waals surface area contributed by atoms with E-state index in [4.69, 9.17) is 11.6 Å². The number of likely N-dealkylation sites (tertiary alicyclic amines) is 1. The van der Waals surface area contributed by atoms with Crippen LogP contribution in [0.15, 0.2) is 112 Å². The lowest BCUT2D eigenvalue weighted by Gasteiger charge is -2.39. The lowest BCUT2D eigenvalue weighted by atomic mass is 9.73. The van der Waals surface area contributed by atoms with Crippen LogP contribution in [0.4, 0.5) is 17.1 Å². The number of rotatable bonds is 17. The number of allylic oxidation sites excluding steroid dienone is 1. The fourth-order valence-electron chi connectivity index (χ4n) is 9.14. The topological polar surface area (TPSA) is 131 Å². The maximum atomic E-state index is 13.6. The van der Waals surface area contributed by atoms with Crippen LogP contribution in [0.25, 0.3) is 5.57 Å². The molecule has 1 amide bonds. The zero-order valence-corrected chi connectivity index (χ0v) is 39.9. The van der Waals surface area contributed by atoms with Gasteiger partial charge in [-0.1, -0.05) is 61.4 Å². The highest BCUT2D eigenvalue weighted by Crippen LogP contribution is 2.43. The molecule has 2 heterocycles.